The number of hydrogen-bond acceptors (Lipinski definition) is 4. The van der Waals surface area contributed by atoms with Gasteiger partial charge in [0.1, 0.15) is 10.0 Å². The summed E-state index contributed by atoms with van der Waals surface area (Å²) in [6, 6.07) is 7.38. The van der Waals surface area contributed by atoms with Crippen LogP contribution in [0.3, 0.4) is 0 Å². The maximum Gasteiger partial charge on any atom is 0.252 e. The molecule has 1 aliphatic rings. The zero-order chi connectivity index (χ0) is 18.0. The van der Waals surface area contributed by atoms with E-state index in [1.54, 1.807) is 19.1 Å². The number of hydrogen-bond donors (Lipinski definition) is 1. The van der Waals surface area contributed by atoms with Gasteiger partial charge in [-0.25, -0.2) is 12.8 Å². The summed E-state index contributed by atoms with van der Waals surface area (Å²) in [7, 11) is -3.45. The van der Waals surface area contributed by atoms with Gasteiger partial charge in [-0.1, -0.05) is 0 Å². The summed E-state index contributed by atoms with van der Waals surface area (Å²) in [6.07, 6.45) is 1.85. The van der Waals surface area contributed by atoms with Gasteiger partial charge in [0.25, 0.3) is 10.0 Å². The van der Waals surface area contributed by atoms with Crippen LogP contribution in [0.4, 0.5) is 10.1 Å². The van der Waals surface area contributed by atoms with Crippen LogP contribution in [0.5, 0.6) is 0 Å². The smallest absolute Gasteiger partial charge is 0.252 e. The van der Waals surface area contributed by atoms with E-state index in [0.29, 0.717) is 29.2 Å². The summed E-state index contributed by atoms with van der Waals surface area (Å²) in [5.41, 5.74) is 1.18. The number of anilines is 1. The third-order valence-electron chi connectivity index (χ3n) is 4.09. The summed E-state index contributed by atoms with van der Waals surface area (Å²) >= 11 is 1.12. The molecule has 1 saturated heterocycles. The number of nitrogens with one attached hydrogen (secondary N) is 1. The summed E-state index contributed by atoms with van der Waals surface area (Å²) in [5.74, 6) is -0.618. The van der Waals surface area contributed by atoms with Gasteiger partial charge < -0.3 is 5.32 Å². The first-order valence-corrected chi connectivity index (χ1v) is 10.3. The Morgan fingerprint density at radius 2 is 1.96 bits per heavy atom. The predicted molar refractivity (Wildman–Crippen MR) is 95.8 cm³/mol. The molecule has 1 fully saturated rings. The minimum atomic E-state index is -3.45. The van der Waals surface area contributed by atoms with Crippen molar-refractivity contribution in [2.75, 3.05) is 18.4 Å². The Morgan fingerprint density at radius 3 is 2.64 bits per heavy atom. The maximum absolute atomic E-state index is 13.1. The van der Waals surface area contributed by atoms with Crippen molar-refractivity contribution in [3.05, 3.63) is 46.6 Å². The number of nitrogens with zero attached hydrogens (tertiary/aromatic N) is 1. The van der Waals surface area contributed by atoms with E-state index < -0.39 is 10.0 Å². The molecule has 1 amide bonds. The summed E-state index contributed by atoms with van der Waals surface area (Å²) in [5, 5.41) is 2.73. The summed E-state index contributed by atoms with van der Waals surface area (Å²) in [6.45, 7) is 2.82. The number of halogens is 1. The molecule has 0 aliphatic carbocycles. The molecule has 3 rings (SSSR count). The Hall–Kier alpha value is -1.77. The van der Waals surface area contributed by atoms with Crippen LogP contribution in [-0.2, 0) is 21.2 Å². The number of benzene rings is 1. The van der Waals surface area contributed by atoms with E-state index in [9.17, 15) is 17.6 Å². The third kappa shape index (κ3) is 4.08. The largest absolute Gasteiger partial charge is 0.326 e. The molecule has 25 heavy (non-hydrogen) atoms. The second kappa shape index (κ2) is 7.23. The van der Waals surface area contributed by atoms with Crippen LogP contribution >= 0.6 is 11.3 Å². The Balaban J connectivity index is 1.67. The highest BCUT2D eigenvalue weighted by Crippen LogP contribution is 2.28. The monoisotopic (exact) mass is 382 g/mol. The van der Waals surface area contributed by atoms with Crippen molar-refractivity contribution < 1.29 is 17.6 Å². The minimum Gasteiger partial charge on any atom is -0.326 e. The molecule has 2 aromatic rings. The highest BCUT2D eigenvalue weighted by atomic mass is 32.2. The lowest BCUT2D eigenvalue weighted by atomic mass is 10.2. The lowest BCUT2D eigenvalue weighted by Gasteiger charge is -2.13. The molecule has 0 radical (unpaired) electrons. The quantitative estimate of drug-likeness (QED) is 0.864. The van der Waals surface area contributed by atoms with E-state index in [2.05, 4.69) is 5.32 Å². The van der Waals surface area contributed by atoms with Gasteiger partial charge in [0.15, 0.2) is 0 Å². The van der Waals surface area contributed by atoms with E-state index in [0.717, 1.165) is 24.2 Å². The molecular weight excluding hydrogens is 363 g/mol. The van der Waals surface area contributed by atoms with Gasteiger partial charge in [-0.05, 0) is 55.7 Å². The summed E-state index contributed by atoms with van der Waals surface area (Å²) < 4.78 is 39.9. The van der Waals surface area contributed by atoms with Crippen LogP contribution in [0.1, 0.15) is 23.3 Å². The van der Waals surface area contributed by atoms with Crippen LogP contribution in [-0.4, -0.2) is 31.7 Å². The molecule has 0 spiro atoms. The maximum atomic E-state index is 13.1. The summed E-state index contributed by atoms with van der Waals surface area (Å²) in [4.78, 5) is 12.9. The highest BCUT2D eigenvalue weighted by molar-refractivity contribution is 7.91. The van der Waals surface area contributed by atoms with Gasteiger partial charge in [-0.15, -0.1) is 11.3 Å². The molecule has 1 aromatic heterocycles. The zero-order valence-corrected chi connectivity index (χ0v) is 15.4. The molecule has 134 valence electrons. The second-order valence-electron chi connectivity index (χ2n) is 6.02. The van der Waals surface area contributed by atoms with Crippen LogP contribution in [0.25, 0.3) is 0 Å². The highest BCUT2D eigenvalue weighted by Gasteiger charge is 2.28. The predicted octanol–water partition coefficient (Wildman–Crippen LogP) is 3.16. The molecule has 1 N–H and O–H groups in total. The van der Waals surface area contributed by atoms with Crippen molar-refractivity contribution in [1.82, 2.24) is 4.31 Å². The van der Waals surface area contributed by atoms with Crippen LogP contribution in [0, 0.1) is 12.7 Å². The molecular formula is C17H19FN2O3S2. The second-order valence-corrected chi connectivity index (χ2v) is 9.35. The number of carbonyl (C=O) groups excluding carboxylic acids is 1. The lowest BCUT2D eigenvalue weighted by Crippen LogP contribution is -2.27. The Kier molecular flexibility index (Phi) is 5.21. The Labute approximate surface area is 150 Å². The van der Waals surface area contributed by atoms with E-state index in [-0.39, 0.29) is 22.4 Å². The SMILES string of the molecule is Cc1cc(F)ccc1NC(=O)Cc1ccc(S(=O)(=O)N2CCCC2)s1. The van der Waals surface area contributed by atoms with Gasteiger partial charge in [0, 0.05) is 23.7 Å². The fourth-order valence-corrected chi connectivity index (χ4v) is 5.79. The van der Waals surface area contributed by atoms with Gasteiger partial charge in [-0.3, -0.25) is 4.79 Å². The van der Waals surface area contributed by atoms with E-state index >= 15 is 0 Å². The van der Waals surface area contributed by atoms with Crippen molar-refractivity contribution in [3.8, 4) is 0 Å². The van der Waals surface area contributed by atoms with Crippen LogP contribution in [0.15, 0.2) is 34.5 Å². The average Bonchev–Trinajstić information content (AvgIpc) is 3.22. The normalized spacial score (nSPS) is 15.4. The van der Waals surface area contributed by atoms with E-state index in [1.807, 2.05) is 0 Å². The van der Waals surface area contributed by atoms with Crippen molar-refractivity contribution in [1.29, 1.82) is 0 Å². The standard InChI is InChI=1S/C17H19FN2O3S2/c1-12-10-13(18)4-6-15(12)19-16(21)11-14-5-7-17(24-14)25(22,23)20-8-2-3-9-20/h4-7,10H,2-3,8-9,11H2,1H3,(H,19,21). The van der Waals surface area contributed by atoms with Gasteiger partial charge in [0.05, 0.1) is 6.42 Å². The number of aryl methyl sites for hydroxylation is 1. The molecule has 2 heterocycles. The van der Waals surface area contributed by atoms with Crippen molar-refractivity contribution in [3.63, 3.8) is 0 Å². The molecule has 1 aromatic carbocycles. The molecule has 0 unspecified atom stereocenters. The molecule has 8 heteroatoms. The fourth-order valence-electron chi connectivity index (χ4n) is 2.77. The topological polar surface area (TPSA) is 66.5 Å². The number of thiophene rings is 1. The molecule has 0 bridgehead atoms. The average molecular weight is 382 g/mol. The first-order chi connectivity index (χ1) is 11.9. The van der Waals surface area contributed by atoms with Gasteiger partial charge in [0.2, 0.25) is 5.91 Å². The number of amides is 1. The molecule has 0 saturated carbocycles. The van der Waals surface area contributed by atoms with Crippen LogP contribution in [0.2, 0.25) is 0 Å². The van der Waals surface area contributed by atoms with Crippen molar-refractivity contribution in [2.24, 2.45) is 0 Å². The van der Waals surface area contributed by atoms with Crippen LogP contribution < -0.4 is 5.32 Å². The van der Waals surface area contributed by atoms with E-state index in [4.69, 9.17) is 0 Å². The zero-order valence-electron chi connectivity index (χ0n) is 13.8. The molecule has 0 atom stereocenters. The van der Waals surface area contributed by atoms with Crippen molar-refractivity contribution >= 4 is 33.0 Å². The van der Waals surface area contributed by atoms with Gasteiger partial charge in [-0.2, -0.15) is 4.31 Å². The Morgan fingerprint density at radius 1 is 1.24 bits per heavy atom. The Bertz CT molecular complexity index is 887. The van der Waals surface area contributed by atoms with Gasteiger partial charge >= 0.3 is 0 Å². The first-order valence-electron chi connectivity index (χ1n) is 8.01. The molecule has 5 nitrogen and oxygen atoms in total. The number of carbonyl (C=O) groups is 1. The molecule has 1 aliphatic heterocycles. The third-order valence-corrected chi connectivity index (χ3v) is 7.54. The fraction of sp³-hybridized carbons (Fsp3) is 0.353. The van der Waals surface area contributed by atoms with Crippen molar-refractivity contribution in [2.45, 2.75) is 30.4 Å². The van der Waals surface area contributed by atoms with E-state index in [1.165, 1.54) is 22.5 Å². The number of sulfonamides is 1. The number of rotatable bonds is 5. The lowest BCUT2D eigenvalue weighted by molar-refractivity contribution is -0.115. The first kappa shape index (κ1) is 18.0. The minimum absolute atomic E-state index is 0.0804.